The number of thiophene rings is 1. The number of nitrogens with zero attached hydrogens (tertiary/aromatic N) is 3. The molecule has 3 heterocycles. The highest BCUT2D eigenvalue weighted by molar-refractivity contribution is 7.17. The van der Waals surface area contributed by atoms with Gasteiger partial charge in [-0.05, 0) is 54.5 Å². The highest BCUT2D eigenvalue weighted by Gasteiger charge is 2.29. The van der Waals surface area contributed by atoms with E-state index in [0.29, 0.717) is 29.3 Å². The fraction of sp³-hybridized carbons (Fsp3) is 0.269. The van der Waals surface area contributed by atoms with Gasteiger partial charge < -0.3 is 10.2 Å². The van der Waals surface area contributed by atoms with Gasteiger partial charge in [0.05, 0.1) is 17.1 Å². The van der Waals surface area contributed by atoms with Gasteiger partial charge in [0, 0.05) is 19.6 Å². The Morgan fingerprint density at radius 3 is 2.82 bits per heavy atom. The third-order valence-corrected chi connectivity index (χ3v) is 7.00. The number of amides is 1. The first-order valence-corrected chi connectivity index (χ1v) is 12.1. The molecule has 33 heavy (non-hydrogen) atoms. The number of nitrogens with one attached hydrogen (secondary N) is 1. The number of fused-ring (bicyclic) bond motifs is 1. The highest BCUT2D eigenvalue weighted by Crippen LogP contribution is 2.27. The lowest BCUT2D eigenvalue weighted by Gasteiger charge is -2.34. The number of piperidine rings is 1. The van der Waals surface area contributed by atoms with E-state index in [1.807, 2.05) is 73.0 Å². The molecule has 0 unspecified atom stereocenters. The van der Waals surface area contributed by atoms with Crippen LogP contribution in [0.15, 0.2) is 70.8 Å². The fourth-order valence-electron chi connectivity index (χ4n) is 4.41. The highest BCUT2D eigenvalue weighted by atomic mass is 32.1. The molecule has 168 valence electrons. The van der Waals surface area contributed by atoms with E-state index >= 15 is 0 Å². The summed E-state index contributed by atoms with van der Waals surface area (Å²) in [5.74, 6) is 0.505. The molecule has 1 fully saturated rings. The Labute approximate surface area is 196 Å². The van der Waals surface area contributed by atoms with Gasteiger partial charge in [0.15, 0.2) is 0 Å². The minimum atomic E-state index is -0.150. The maximum Gasteiger partial charge on any atom is 0.277 e. The maximum atomic E-state index is 13.5. The number of anilines is 1. The number of benzene rings is 2. The average molecular weight is 459 g/mol. The molecular weight excluding hydrogens is 432 g/mol. The number of carbonyl (C=O) groups excluding carboxylic acids is 1. The maximum absolute atomic E-state index is 13.5. The number of aryl methyl sites for hydroxylation is 1. The minimum Gasteiger partial charge on any atom is -0.352 e. The van der Waals surface area contributed by atoms with Crippen LogP contribution >= 0.6 is 11.3 Å². The van der Waals surface area contributed by atoms with Crippen molar-refractivity contribution in [3.05, 3.63) is 87.5 Å². The van der Waals surface area contributed by atoms with E-state index in [2.05, 4.69) is 10.2 Å². The van der Waals surface area contributed by atoms with Crippen molar-refractivity contribution in [1.82, 2.24) is 14.9 Å². The first-order valence-electron chi connectivity index (χ1n) is 11.2. The molecule has 1 N–H and O–H groups in total. The Balaban J connectivity index is 1.45. The van der Waals surface area contributed by atoms with E-state index in [-0.39, 0.29) is 17.4 Å². The van der Waals surface area contributed by atoms with Crippen LogP contribution < -0.4 is 15.8 Å². The van der Waals surface area contributed by atoms with Crippen LogP contribution in [0.5, 0.6) is 0 Å². The fourth-order valence-corrected chi connectivity index (χ4v) is 5.17. The zero-order valence-electron chi connectivity index (χ0n) is 18.5. The number of hydrogen-bond acceptors (Lipinski definition) is 5. The molecule has 5 rings (SSSR count). The SMILES string of the molecule is Cc1cccc(-n2c(N3CCC[C@H](C(=O)NCc4ccccc4)C3)nc3ccsc3c2=O)c1. The molecule has 0 saturated carbocycles. The van der Waals surface area contributed by atoms with E-state index in [1.54, 1.807) is 4.57 Å². The summed E-state index contributed by atoms with van der Waals surface area (Å²) < 4.78 is 2.35. The Hall–Kier alpha value is -3.45. The molecule has 0 aliphatic carbocycles. The van der Waals surface area contributed by atoms with Gasteiger partial charge in [-0.15, -0.1) is 11.3 Å². The molecule has 1 amide bonds. The third kappa shape index (κ3) is 4.41. The van der Waals surface area contributed by atoms with E-state index < -0.39 is 0 Å². The molecule has 4 aromatic rings. The molecule has 2 aromatic heterocycles. The van der Waals surface area contributed by atoms with Crippen LogP contribution in [0, 0.1) is 12.8 Å². The predicted octanol–water partition coefficient (Wildman–Crippen LogP) is 4.29. The van der Waals surface area contributed by atoms with Crippen molar-refractivity contribution in [1.29, 1.82) is 0 Å². The minimum absolute atomic E-state index is 0.0459. The molecule has 1 atom stereocenters. The zero-order valence-corrected chi connectivity index (χ0v) is 19.3. The number of aromatic nitrogens is 2. The molecule has 0 radical (unpaired) electrons. The Bertz CT molecular complexity index is 1350. The summed E-state index contributed by atoms with van der Waals surface area (Å²) in [6.45, 7) is 3.83. The Morgan fingerprint density at radius 1 is 1.15 bits per heavy atom. The molecule has 1 aliphatic heterocycles. The van der Waals surface area contributed by atoms with Gasteiger partial charge >= 0.3 is 0 Å². The summed E-state index contributed by atoms with van der Waals surface area (Å²) in [6, 6.07) is 19.7. The first kappa shape index (κ1) is 21.4. The number of hydrogen-bond donors (Lipinski definition) is 1. The van der Waals surface area contributed by atoms with Gasteiger partial charge in [-0.2, -0.15) is 0 Å². The monoisotopic (exact) mass is 458 g/mol. The van der Waals surface area contributed by atoms with Crippen LogP contribution in [-0.4, -0.2) is 28.5 Å². The summed E-state index contributed by atoms with van der Waals surface area (Å²) in [5.41, 5.74) is 3.60. The molecule has 2 aromatic carbocycles. The predicted molar refractivity (Wildman–Crippen MR) is 133 cm³/mol. The number of rotatable bonds is 5. The van der Waals surface area contributed by atoms with Crippen molar-refractivity contribution in [2.45, 2.75) is 26.3 Å². The van der Waals surface area contributed by atoms with Gasteiger partial charge in [-0.1, -0.05) is 42.5 Å². The molecule has 0 spiro atoms. The largest absolute Gasteiger partial charge is 0.352 e. The van der Waals surface area contributed by atoms with Crippen molar-refractivity contribution >= 4 is 33.4 Å². The molecule has 1 aliphatic rings. The molecular formula is C26H26N4O2S. The topological polar surface area (TPSA) is 67.2 Å². The van der Waals surface area contributed by atoms with Crippen LogP contribution in [0.4, 0.5) is 5.95 Å². The lowest BCUT2D eigenvalue weighted by Crippen LogP contribution is -2.45. The van der Waals surface area contributed by atoms with E-state index in [0.717, 1.165) is 36.2 Å². The standard InChI is InChI=1S/C26H26N4O2S/c1-18-7-5-11-21(15-18)30-25(32)23-22(12-14-33-23)28-26(30)29-13-6-10-20(17-29)24(31)27-16-19-8-3-2-4-9-19/h2-5,7-9,11-12,14-15,20H,6,10,13,16-17H2,1H3,(H,27,31)/t20-/m0/s1. The summed E-state index contributed by atoms with van der Waals surface area (Å²) in [5, 5.41) is 4.98. The molecule has 7 heteroatoms. The quantitative estimate of drug-likeness (QED) is 0.485. The van der Waals surface area contributed by atoms with Crippen LogP contribution in [0.1, 0.15) is 24.0 Å². The summed E-state index contributed by atoms with van der Waals surface area (Å²) >= 11 is 1.41. The van der Waals surface area contributed by atoms with Crippen molar-refractivity contribution in [3.8, 4) is 5.69 Å². The normalized spacial score (nSPS) is 16.2. The van der Waals surface area contributed by atoms with Crippen molar-refractivity contribution in [3.63, 3.8) is 0 Å². The van der Waals surface area contributed by atoms with E-state index in [1.165, 1.54) is 11.3 Å². The van der Waals surface area contributed by atoms with E-state index in [9.17, 15) is 9.59 Å². The van der Waals surface area contributed by atoms with Gasteiger partial charge in [-0.3, -0.25) is 9.59 Å². The zero-order chi connectivity index (χ0) is 22.8. The molecule has 1 saturated heterocycles. The molecule has 0 bridgehead atoms. The van der Waals surface area contributed by atoms with Gasteiger partial charge in [0.2, 0.25) is 11.9 Å². The van der Waals surface area contributed by atoms with Gasteiger partial charge in [0.25, 0.3) is 5.56 Å². The van der Waals surface area contributed by atoms with Crippen molar-refractivity contribution < 1.29 is 4.79 Å². The lowest BCUT2D eigenvalue weighted by molar-refractivity contribution is -0.125. The van der Waals surface area contributed by atoms with Gasteiger partial charge in [0.1, 0.15) is 4.70 Å². The van der Waals surface area contributed by atoms with Gasteiger partial charge in [-0.25, -0.2) is 9.55 Å². The third-order valence-electron chi connectivity index (χ3n) is 6.11. The average Bonchev–Trinajstić information content (AvgIpc) is 3.32. The summed E-state index contributed by atoms with van der Waals surface area (Å²) in [4.78, 5) is 33.4. The number of carbonyl (C=O) groups is 1. The Kier molecular flexibility index (Phi) is 5.96. The van der Waals surface area contributed by atoms with Crippen LogP contribution in [0.25, 0.3) is 15.9 Å². The second kappa shape index (κ2) is 9.19. The lowest BCUT2D eigenvalue weighted by atomic mass is 9.97. The smallest absolute Gasteiger partial charge is 0.277 e. The second-order valence-electron chi connectivity index (χ2n) is 8.51. The Morgan fingerprint density at radius 2 is 2.00 bits per heavy atom. The second-order valence-corrected chi connectivity index (χ2v) is 9.43. The van der Waals surface area contributed by atoms with Crippen LogP contribution in [0.3, 0.4) is 0 Å². The van der Waals surface area contributed by atoms with E-state index in [4.69, 9.17) is 4.98 Å². The van der Waals surface area contributed by atoms with Crippen LogP contribution in [-0.2, 0) is 11.3 Å². The summed E-state index contributed by atoms with van der Waals surface area (Å²) in [6.07, 6.45) is 1.70. The van der Waals surface area contributed by atoms with Crippen LogP contribution in [0.2, 0.25) is 0 Å². The molecule has 6 nitrogen and oxygen atoms in total. The summed E-state index contributed by atoms with van der Waals surface area (Å²) in [7, 11) is 0. The van der Waals surface area contributed by atoms with Crippen molar-refractivity contribution in [2.24, 2.45) is 5.92 Å². The first-order chi connectivity index (χ1) is 16.1. The van der Waals surface area contributed by atoms with Crippen molar-refractivity contribution in [2.75, 3.05) is 18.0 Å².